The molecule has 8 nitrogen and oxygen atoms in total. The molecule has 0 saturated carbocycles. The molecule has 11 heteroatoms. The molecule has 0 spiro atoms. The molecule has 2 N–H and O–H groups in total. The number of morpholine rings is 1. The first kappa shape index (κ1) is 22.3. The molecule has 1 amide bonds. The van der Waals surface area contributed by atoms with Crippen LogP contribution in [0.3, 0.4) is 0 Å². The lowest BCUT2D eigenvalue weighted by Gasteiger charge is -2.28. The standard InChI is InChI=1S/C22H20F3N5O3/c23-22(24,25)33-19-3-1-2-15(12-19)21(31)28-17-6-4-16(5-7-17)27-20-13-18(14-26-29-20)30-8-10-32-11-9-30/h1-7,12-14H,8-11H2,(H,27,29)(H,28,31). The number of nitrogens with one attached hydrogen (secondary N) is 2. The number of amides is 1. The summed E-state index contributed by atoms with van der Waals surface area (Å²) in [6, 6.07) is 13.6. The fraction of sp³-hybridized carbons (Fsp3) is 0.227. The van der Waals surface area contributed by atoms with E-state index in [-0.39, 0.29) is 5.56 Å². The summed E-state index contributed by atoms with van der Waals surface area (Å²) in [5.41, 5.74) is 2.17. The first-order valence-corrected chi connectivity index (χ1v) is 10.1. The molecule has 1 fully saturated rings. The van der Waals surface area contributed by atoms with Crippen molar-refractivity contribution >= 4 is 28.8 Å². The van der Waals surface area contributed by atoms with Gasteiger partial charge in [-0.3, -0.25) is 4.79 Å². The Morgan fingerprint density at radius 1 is 1.03 bits per heavy atom. The Morgan fingerprint density at radius 3 is 2.48 bits per heavy atom. The van der Waals surface area contributed by atoms with Gasteiger partial charge in [-0.25, -0.2) is 0 Å². The van der Waals surface area contributed by atoms with Gasteiger partial charge in [0.05, 0.1) is 25.1 Å². The molecule has 0 aliphatic carbocycles. The molecule has 3 aromatic rings. The molecule has 0 bridgehead atoms. The SMILES string of the molecule is O=C(Nc1ccc(Nc2cc(N3CCOCC3)cnn2)cc1)c1cccc(OC(F)(F)F)c1. The van der Waals surface area contributed by atoms with E-state index in [0.29, 0.717) is 24.7 Å². The Morgan fingerprint density at radius 2 is 1.76 bits per heavy atom. The molecule has 1 saturated heterocycles. The summed E-state index contributed by atoms with van der Waals surface area (Å²) in [6.45, 7) is 2.89. The van der Waals surface area contributed by atoms with E-state index in [1.165, 1.54) is 12.1 Å². The fourth-order valence-electron chi connectivity index (χ4n) is 3.23. The normalized spacial score (nSPS) is 14.0. The first-order chi connectivity index (χ1) is 15.9. The molecule has 2 aromatic carbocycles. The van der Waals surface area contributed by atoms with Gasteiger partial charge in [0.15, 0.2) is 5.82 Å². The van der Waals surface area contributed by atoms with Gasteiger partial charge < -0.3 is 25.0 Å². The average molecular weight is 459 g/mol. The first-order valence-electron chi connectivity index (χ1n) is 10.1. The number of anilines is 4. The number of carbonyl (C=O) groups is 1. The highest BCUT2D eigenvalue weighted by molar-refractivity contribution is 6.04. The van der Waals surface area contributed by atoms with Gasteiger partial charge in [-0.1, -0.05) is 6.07 Å². The van der Waals surface area contributed by atoms with E-state index >= 15 is 0 Å². The van der Waals surface area contributed by atoms with E-state index in [2.05, 4.69) is 30.5 Å². The minimum Gasteiger partial charge on any atom is -0.406 e. The van der Waals surface area contributed by atoms with Crippen molar-refractivity contribution in [2.45, 2.75) is 6.36 Å². The lowest BCUT2D eigenvalue weighted by Crippen LogP contribution is -2.36. The largest absolute Gasteiger partial charge is 0.573 e. The van der Waals surface area contributed by atoms with Gasteiger partial charge in [0.1, 0.15) is 5.75 Å². The average Bonchev–Trinajstić information content (AvgIpc) is 2.80. The zero-order valence-corrected chi connectivity index (χ0v) is 17.3. The van der Waals surface area contributed by atoms with E-state index in [4.69, 9.17) is 4.74 Å². The number of benzene rings is 2. The number of alkyl halides is 3. The van der Waals surface area contributed by atoms with Crippen LogP contribution in [0.1, 0.15) is 10.4 Å². The Bertz CT molecular complexity index is 1100. The van der Waals surface area contributed by atoms with E-state index < -0.39 is 18.0 Å². The van der Waals surface area contributed by atoms with Gasteiger partial charge in [-0.2, -0.15) is 5.10 Å². The molecule has 1 aromatic heterocycles. The minimum atomic E-state index is -4.83. The number of halogens is 3. The monoisotopic (exact) mass is 459 g/mol. The third-order valence-corrected chi connectivity index (χ3v) is 4.76. The molecule has 4 rings (SSSR count). The lowest BCUT2D eigenvalue weighted by molar-refractivity contribution is -0.274. The number of hydrogen-bond acceptors (Lipinski definition) is 7. The smallest absolute Gasteiger partial charge is 0.406 e. The zero-order valence-electron chi connectivity index (χ0n) is 17.3. The van der Waals surface area contributed by atoms with Crippen molar-refractivity contribution in [2.75, 3.05) is 41.8 Å². The Hall–Kier alpha value is -3.86. The quantitative estimate of drug-likeness (QED) is 0.571. The Balaban J connectivity index is 1.38. The summed E-state index contributed by atoms with van der Waals surface area (Å²) in [4.78, 5) is 14.6. The maximum absolute atomic E-state index is 12.4. The van der Waals surface area contributed by atoms with Crippen LogP contribution in [0.2, 0.25) is 0 Å². The lowest BCUT2D eigenvalue weighted by atomic mass is 10.2. The highest BCUT2D eigenvalue weighted by atomic mass is 19.4. The number of ether oxygens (including phenoxy) is 2. The summed E-state index contributed by atoms with van der Waals surface area (Å²) in [7, 11) is 0. The van der Waals surface area contributed by atoms with Crippen LogP contribution in [0.15, 0.2) is 60.8 Å². The van der Waals surface area contributed by atoms with Crippen LogP contribution in [0.5, 0.6) is 5.75 Å². The van der Waals surface area contributed by atoms with Crippen molar-refractivity contribution in [1.29, 1.82) is 0 Å². The molecule has 1 aliphatic heterocycles. The second-order valence-corrected chi connectivity index (χ2v) is 7.13. The fourth-order valence-corrected chi connectivity index (χ4v) is 3.23. The number of carbonyl (C=O) groups excluding carboxylic acids is 1. The van der Waals surface area contributed by atoms with Crippen LogP contribution in [-0.4, -0.2) is 48.8 Å². The van der Waals surface area contributed by atoms with Crippen LogP contribution in [0.25, 0.3) is 0 Å². The van der Waals surface area contributed by atoms with Crippen molar-refractivity contribution in [3.8, 4) is 5.75 Å². The number of aromatic nitrogens is 2. The van der Waals surface area contributed by atoms with Crippen LogP contribution in [0, 0.1) is 0 Å². The third-order valence-electron chi connectivity index (χ3n) is 4.76. The summed E-state index contributed by atoms with van der Waals surface area (Å²) < 4.78 is 46.4. The molecule has 0 radical (unpaired) electrons. The van der Waals surface area contributed by atoms with E-state index in [0.717, 1.165) is 36.6 Å². The summed E-state index contributed by atoms with van der Waals surface area (Å²) in [5, 5.41) is 13.9. The molecular formula is C22H20F3N5O3. The van der Waals surface area contributed by atoms with Crippen LogP contribution in [0.4, 0.5) is 36.1 Å². The van der Waals surface area contributed by atoms with Crippen molar-refractivity contribution < 1.29 is 27.4 Å². The predicted octanol–water partition coefficient (Wildman–Crippen LogP) is 4.21. The molecule has 0 unspecified atom stereocenters. The predicted molar refractivity (Wildman–Crippen MR) is 116 cm³/mol. The molecule has 2 heterocycles. The second-order valence-electron chi connectivity index (χ2n) is 7.13. The van der Waals surface area contributed by atoms with Crippen molar-refractivity contribution in [3.05, 3.63) is 66.4 Å². The van der Waals surface area contributed by atoms with Gasteiger partial charge in [0.2, 0.25) is 0 Å². The van der Waals surface area contributed by atoms with E-state index in [9.17, 15) is 18.0 Å². The topological polar surface area (TPSA) is 88.6 Å². The van der Waals surface area contributed by atoms with Gasteiger partial charge in [0, 0.05) is 36.1 Å². The van der Waals surface area contributed by atoms with Crippen molar-refractivity contribution in [3.63, 3.8) is 0 Å². The zero-order chi connectivity index (χ0) is 23.3. The van der Waals surface area contributed by atoms with Crippen molar-refractivity contribution in [2.24, 2.45) is 0 Å². The maximum Gasteiger partial charge on any atom is 0.573 e. The van der Waals surface area contributed by atoms with Gasteiger partial charge in [-0.15, -0.1) is 18.3 Å². The van der Waals surface area contributed by atoms with Crippen LogP contribution < -0.4 is 20.3 Å². The highest BCUT2D eigenvalue weighted by Crippen LogP contribution is 2.25. The molecule has 172 valence electrons. The molecule has 0 atom stereocenters. The van der Waals surface area contributed by atoms with Crippen molar-refractivity contribution in [1.82, 2.24) is 10.2 Å². The van der Waals surface area contributed by atoms with E-state index in [1.54, 1.807) is 30.5 Å². The van der Waals surface area contributed by atoms with Crippen LogP contribution in [-0.2, 0) is 4.74 Å². The minimum absolute atomic E-state index is 0.0363. The molecule has 1 aliphatic rings. The van der Waals surface area contributed by atoms with Crippen LogP contribution >= 0.6 is 0 Å². The highest BCUT2D eigenvalue weighted by Gasteiger charge is 2.31. The van der Waals surface area contributed by atoms with E-state index in [1.807, 2.05) is 6.07 Å². The number of nitrogens with zero attached hydrogens (tertiary/aromatic N) is 3. The number of rotatable bonds is 6. The van der Waals surface area contributed by atoms with Gasteiger partial charge >= 0.3 is 6.36 Å². The maximum atomic E-state index is 12.4. The molecular weight excluding hydrogens is 439 g/mol. The summed E-state index contributed by atoms with van der Waals surface area (Å²) in [5.74, 6) is -0.459. The summed E-state index contributed by atoms with van der Waals surface area (Å²) >= 11 is 0. The van der Waals surface area contributed by atoms with Gasteiger partial charge in [-0.05, 0) is 42.5 Å². The number of hydrogen-bond donors (Lipinski definition) is 2. The summed E-state index contributed by atoms with van der Waals surface area (Å²) in [6.07, 6.45) is -3.13. The second kappa shape index (κ2) is 9.74. The third kappa shape index (κ3) is 6.32. The Labute approximate surface area is 187 Å². The van der Waals surface area contributed by atoms with Gasteiger partial charge in [0.25, 0.3) is 5.91 Å². The Kier molecular flexibility index (Phi) is 6.59. The molecule has 33 heavy (non-hydrogen) atoms.